The van der Waals surface area contributed by atoms with Crippen molar-refractivity contribution in [1.29, 1.82) is 0 Å². The van der Waals surface area contributed by atoms with Gasteiger partial charge in [-0.2, -0.15) is 8.42 Å². The average molecular weight is 704 g/mol. The molecule has 0 radical (unpaired) electrons. The predicted octanol–water partition coefficient (Wildman–Crippen LogP) is 6.10. The van der Waals surface area contributed by atoms with Crippen LogP contribution in [0.25, 0.3) is 5.57 Å². The number of carbonyl (C=O) groups excluding carboxylic acids is 1. The second-order valence-electron chi connectivity index (χ2n) is 12.5. The number of nitrogens with zero attached hydrogens (tertiary/aromatic N) is 5. The van der Waals surface area contributed by atoms with Crippen molar-refractivity contribution in [3.63, 3.8) is 0 Å². The van der Waals surface area contributed by atoms with Crippen LogP contribution in [0.5, 0.6) is 0 Å². The van der Waals surface area contributed by atoms with Crippen LogP contribution >= 0.6 is 11.6 Å². The number of allylic oxidation sites excluding steroid dienone is 4. The van der Waals surface area contributed by atoms with Crippen LogP contribution in [0.3, 0.4) is 0 Å². The Morgan fingerprint density at radius 3 is 2.30 bits per heavy atom. The molecule has 2 atom stereocenters. The summed E-state index contributed by atoms with van der Waals surface area (Å²) in [6.45, 7) is 18.5. The van der Waals surface area contributed by atoms with Gasteiger partial charge in [0.1, 0.15) is 5.83 Å². The summed E-state index contributed by atoms with van der Waals surface area (Å²) in [5, 5.41) is -0.143. The van der Waals surface area contributed by atoms with E-state index in [1.54, 1.807) is 34.1 Å². The number of amidine groups is 1. The fourth-order valence-corrected chi connectivity index (χ4v) is 8.17. The maximum Gasteiger partial charge on any atom is 0.352 e. The topological polar surface area (TPSA) is 120 Å². The molecule has 0 bridgehead atoms. The zero-order valence-electron chi connectivity index (χ0n) is 27.5. The molecule has 0 aliphatic carbocycles. The first-order chi connectivity index (χ1) is 21.8. The van der Waals surface area contributed by atoms with Crippen molar-refractivity contribution in [2.75, 3.05) is 23.7 Å². The van der Waals surface area contributed by atoms with Crippen molar-refractivity contribution in [3.05, 3.63) is 94.3 Å². The van der Waals surface area contributed by atoms with Crippen LogP contribution in [0, 0.1) is 0 Å². The van der Waals surface area contributed by atoms with E-state index in [1.165, 1.54) is 19.1 Å². The van der Waals surface area contributed by atoms with Crippen LogP contribution < -0.4 is 4.31 Å². The molecule has 1 aromatic heterocycles. The number of hydrogen-bond acceptors (Lipinski definition) is 7. The Hall–Kier alpha value is -3.81. The number of hydrogen-bond donors (Lipinski definition) is 0. The molecule has 14 heteroatoms. The number of halogens is 2. The molecule has 1 aromatic carbocycles. The normalized spacial score (nSPS) is 20.7. The number of rotatable bonds is 6. The van der Waals surface area contributed by atoms with Gasteiger partial charge in [-0.25, -0.2) is 22.1 Å². The highest BCUT2D eigenvalue weighted by atomic mass is 35.5. The molecule has 10 nitrogen and oxygen atoms in total. The number of piperazine rings is 1. The van der Waals surface area contributed by atoms with Crippen LogP contribution in [0.1, 0.15) is 58.4 Å². The summed E-state index contributed by atoms with van der Waals surface area (Å²) in [7, 11) is -8.61. The molecule has 2 aliphatic rings. The van der Waals surface area contributed by atoms with E-state index in [1.807, 2.05) is 34.6 Å². The highest BCUT2D eigenvalue weighted by Gasteiger charge is 2.42. The lowest BCUT2D eigenvalue weighted by Crippen LogP contribution is -2.60. The predicted molar refractivity (Wildman–Crippen MR) is 186 cm³/mol. The van der Waals surface area contributed by atoms with Gasteiger partial charge in [-0.05, 0) is 56.0 Å². The molecule has 3 heterocycles. The van der Waals surface area contributed by atoms with E-state index in [0.29, 0.717) is 5.56 Å². The lowest BCUT2D eigenvalue weighted by Gasteiger charge is -2.46. The molecule has 0 unspecified atom stereocenters. The smallest absolute Gasteiger partial charge is 0.349 e. The minimum Gasteiger partial charge on any atom is -0.349 e. The first kappa shape index (κ1) is 36.0. The summed E-state index contributed by atoms with van der Waals surface area (Å²) in [4.78, 5) is 20.1. The minimum atomic E-state index is -4.57. The van der Waals surface area contributed by atoms with E-state index in [0.717, 1.165) is 22.7 Å². The fourth-order valence-electron chi connectivity index (χ4n) is 5.79. The summed E-state index contributed by atoms with van der Waals surface area (Å²) in [5.74, 6) is -1.30. The van der Waals surface area contributed by atoms with Gasteiger partial charge in [-0.1, -0.05) is 69.8 Å². The summed E-state index contributed by atoms with van der Waals surface area (Å²) >= 11 is 6.80. The van der Waals surface area contributed by atoms with E-state index in [-0.39, 0.29) is 58.7 Å². The molecule has 1 fully saturated rings. The van der Waals surface area contributed by atoms with Crippen LogP contribution in [0.4, 0.5) is 15.9 Å². The Bertz CT molecular complexity index is 1970. The van der Waals surface area contributed by atoms with Gasteiger partial charge in [-0.3, -0.25) is 4.79 Å². The number of benzene rings is 1. The maximum absolute atomic E-state index is 15.6. The molecule has 252 valence electrons. The molecule has 1 saturated heterocycles. The van der Waals surface area contributed by atoms with Crippen LogP contribution in [-0.2, 0) is 30.3 Å². The molecule has 4 rings (SSSR count). The van der Waals surface area contributed by atoms with Gasteiger partial charge >= 0.3 is 10.2 Å². The quantitative estimate of drug-likeness (QED) is 0.264. The zero-order chi connectivity index (χ0) is 35.2. The maximum atomic E-state index is 15.6. The van der Waals surface area contributed by atoms with Crippen molar-refractivity contribution >= 4 is 60.5 Å². The molecule has 2 aromatic rings. The third-order valence-corrected chi connectivity index (χ3v) is 10.7. The Balaban J connectivity index is 2.12. The Morgan fingerprint density at radius 2 is 1.74 bits per heavy atom. The van der Waals surface area contributed by atoms with Crippen LogP contribution in [0.15, 0.2) is 76.8 Å². The van der Waals surface area contributed by atoms with Crippen molar-refractivity contribution in [3.8, 4) is 0 Å². The molecule has 0 N–H and O–H groups in total. The molecule has 2 aliphatic heterocycles. The van der Waals surface area contributed by atoms with E-state index in [9.17, 15) is 21.6 Å². The SMILES string of the molecule is C=CC(=O)N1C[C@H](C)N(C2=NS(=O)(=O)N(c3ccccc3C(C)(C)C)c3nc(C(/C(F)=C\C)=C(/C=C)S(C)(=O)=O)c(Cl)cc32)C[C@H]1C. The number of para-hydroxylation sites is 1. The van der Waals surface area contributed by atoms with Crippen LogP contribution in [0.2, 0.25) is 5.02 Å². The number of anilines is 2. The molecule has 0 saturated carbocycles. The average Bonchev–Trinajstić information content (AvgIpc) is 2.98. The Morgan fingerprint density at radius 1 is 1.11 bits per heavy atom. The summed E-state index contributed by atoms with van der Waals surface area (Å²) < 4.78 is 75.2. The Labute approximate surface area is 281 Å². The monoisotopic (exact) mass is 703 g/mol. The number of carbonyl (C=O) groups is 1. The zero-order valence-corrected chi connectivity index (χ0v) is 29.8. The molecule has 1 amide bonds. The van der Waals surface area contributed by atoms with E-state index in [2.05, 4.69) is 22.5 Å². The van der Waals surface area contributed by atoms with Gasteiger partial charge in [0.2, 0.25) is 5.91 Å². The van der Waals surface area contributed by atoms with Crippen LogP contribution in [-0.4, -0.2) is 74.8 Å². The third kappa shape index (κ3) is 6.79. The first-order valence-corrected chi connectivity index (χ1v) is 18.5. The lowest BCUT2D eigenvalue weighted by molar-refractivity contribution is -0.130. The largest absolute Gasteiger partial charge is 0.352 e. The van der Waals surface area contributed by atoms with Crippen molar-refractivity contribution in [2.24, 2.45) is 4.40 Å². The van der Waals surface area contributed by atoms with Gasteiger partial charge in [0.25, 0.3) is 0 Å². The summed E-state index contributed by atoms with van der Waals surface area (Å²) in [6, 6.07) is 7.58. The van der Waals surface area contributed by atoms with Gasteiger partial charge < -0.3 is 9.80 Å². The van der Waals surface area contributed by atoms with Gasteiger partial charge in [0.05, 0.1) is 32.4 Å². The third-order valence-electron chi connectivity index (χ3n) is 8.03. The number of sulfone groups is 1. The summed E-state index contributed by atoms with van der Waals surface area (Å²) in [6.07, 6.45) is 4.19. The van der Waals surface area contributed by atoms with Crippen molar-refractivity contribution in [2.45, 2.75) is 59.0 Å². The van der Waals surface area contributed by atoms with E-state index in [4.69, 9.17) is 11.6 Å². The number of amides is 1. The van der Waals surface area contributed by atoms with Crippen molar-refractivity contribution in [1.82, 2.24) is 14.8 Å². The highest BCUT2D eigenvalue weighted by molar-refractivity contribution is 7.95. The minimum absolute atomic E-state index is 0.0413. The standard InChI is InChI=1S/C33H39ClFN5O5S2/c1-10-25(35)29(27(11-2)46(9,42)43)30-24(34)17-22-31(36-30)40(26-16-14-13-15-23(26)33(6,7)8)47(44,45)37-32(22)39-19-20(4)38(18-21(39)5)28(41)12-3/h10-17,20-21H,2-3,18-19H2,1,4-9H3/b25-10+,29-27-/t20-,21+/m1/s1. The number of pyridine rings is 1. The fraction of sp³-hybridized carbons (Fsp3) is 0.364. The highest BCUT2D eigenvalue weighted by Crippen LogP contribution is 2.44. The molecule has 47 heavy (non-hydrogen) atoms. The van der Waals surface area contributed by atoms with E-state index < -0.39 is 47.8 Å². The molecular weight excluding hydrogens is 665 g/mol. The van der Waals surface area contributed by atoms with Gasteiger partial charge in [0, 0.05) is 31.4 Å². The van der Waals surface area contributed by atoms with Gasteiger partial charge in [-0.15, -0.1) is 4.40 Å². The molecule has 0 spiro atoms. The molecular formula is C33H39ClFN5O5S2. The second-order valence-corrected chi connectivity index (χ2v) is 16.3. The summed E-state index contributed by atoms with van der Waals surface area (Å²) in [5.41, 5.74) is -0.141. The van der Waals surface area contributed by atoms with Gasteiger partial charge in [0.15, 0.2) is 21.5 Å². The first-order valence-electron chi connectivity index (χ1n) is 14.8. The number of aromatic nitrogens is 1. The number of fused-ring (bicyclic) bond motifs is 1. The van der Waals surface area contributed by atoms with E-state index >= 15 is 4.39 Å². The lowest BCUT2D eigenvalue weighted by atomic mass is 9.86. The second kappa shape index (κ2) is 13.0. The Kier molecular flexibility index (Phi) is 9.97. The van der Waals surface area contributed by atoms with Crippen molar-refractivity contribution < 1.29 is 26.0 Å².